The molecule has 1 fully saturated rings. The van der Waals surface area contributed by atoms with Crippen LogP contribution in [0.5, 0.6) is 0 Å². The van der Waals surface area contributed by atoms with Crippen molar-refractivity contribution in [3.8, 4) is 0 Å². The molecular formula is C9H16O2. The fourth-order valence-corrected chi connectivity index (χ4v) is 1.38. The number of rotatable bonds is 5. The summed E-state index contributed by atoms with van der Waals surface area (Å²) in [5, 5.41) is 0. The Labute approximate surface area is 67.9 Å². The Balaban J connectivity index is 1.96. The predicted octanol–water partition coefficient (Wildman–Crippen LogP) is 1.78. The Morgan fingerprint density at radius 2 is 2.27 bits per heavy atom. The molecule has 2 nitrogen and oxygen atoms in total. The molecule has 11 heavy (non-hydrogen) atoms. The van der Waals surface area contributed by atoms with Crippen LogP contribution >= 0.6 is 0 Å². The largest absolute Gasteiger partial charge is 0.377 e. The normalized spacial score (nSPS) is 17.9. The standard InChI is InChI=1S/C9H16O2/c1-11-7-9(10)6-5-8-3-2-4-8/h8H,2-7H2,1H3. The fraction of sp³-hybridized carbons (Fsp3) is 0.889. The van der Waals surface area contributed by atoms with Gasteiger partial charge in [0.2, 0.25) is 0 Å². The molecule has 0 bridgehead atoms. The van der Waals surface area contributed by atoms with Crippen molar-refractivity contribution in [1.82, 2.24) is 0 Å². The van der Waals surface area contributed by atoms with Gasteiger partial charge in [0, 0.05) is 13.5 Å². The Morgan fingerprint density at radius 3 is 2.73 bits per heavy atom. The van der Waals surface area contributed by atoms with Crippen LogP contribution in [-0.4, -0.2) is 19.5 Å². The van der Waals surface area contributed by atoms with Gasteiger partial charge >= 0.3 is 0 Å². The van der Waals surface area contributed by atoms with Gasteiger partial charge < -0.3 is 4.74 Å². The molecule has 0 aromatic rings. The van der Waals surface area contributed by atoms with Crippen LogP contribution < -0.4 is 0 Å². The van der Waals surface area contributed by atoms with Crippen molar-refractivity contribution in [3.63, 3.8) is 0 Å². The fourth-order valence-electron chi connectivity index (χ4n) is 1.38. The number of hydrogen-bond acceptors (Lipinski definition) is 2. The summed E-state index contributed by atoms with van der Waals surface area (Å²) in [7, 11) is 1.57. The molecule has 1 saturated carbocycles. The minimum absolute atomic E-state index is 0.249. The SMILES string of the molecule is COCC(=O)CCC1CCC1. The molecular weight excluding hydrogens is 140 g/mol. The van der Waals surface area contributed by atoms with E-state index in [0.29, 0.717) is 6.61 Å². The monoisotopic (exact) mass is 156 g/mol. The summed E-state index contributed by atoms with van der Waals surface area (Å²) in [5.41, 5.74) is 0. The van der Waals surface area contributed by atoms with Gasteiger partial charge in [0.1, 0.15) is 6.61 Å². The minimum Gasteiger partial charge on any atom is -0.377 e. The summed E-state index contributed by atoms with van der Waals surface area (Å²) in [4.78, 5) is 11.0. The number of Topliss-reactive ketones (excluding diaryl/α,β-unsaturated/α-hetero) is 1. The number of ether oxygens (including phenoxy) is 1. The average molecular weight is 156 g/mol. The van der Waals surface area contributed by atoms with Gasteiger partial charge in [-0.2, -0.15) is 0 Å². The minimum atomic E-state index is 0.249. The summed E-state index contributed by atoms with van der Waals surface area (Å²) in [6.07, 6.45) is 5.84. The number of carbonyl (C=O) groups is 1. The molecule has 0 heterocycles. The zero-order valence-corrected chi connectivity index (χ0v) is 7.14. The Bertz CT molecular complexity index is 128. The molecule has 0 spiro atoms. The lowest BCUT2D eigenvalue weighted by Crippen LogP contribution is -2.14. The van der Waals surface area contributed by atoms with Crippen LogP contribution in [-0.2, 0) is 9.53 Å². The first-order valence-electron chi connectivity index (χ1n) is 4.33. The van der Waals surface area contributed by atoms with Crippen molar-refractivity contribution in [1.29, 1.82) is 0 Å². The molecule has 0 aliphatic heterocycles. The van der Waals surface area contributed by atoms with Crippen LogP contribution in [0.3, 0.4) is 0 Å². The second-order valence-corrected chi connectivity index (χ2v) is 3.31. The smallest absolute Gasteiger partial charge is 0.158 e. The van der Waals surface area contributed by atoms with Gasteiger partial charge in [-0.25, -0.2) is 0 Å². The van der Waals surface area contributed by atoms with Gasteiger partial charge in [-0.15, -0.1) is 0 Å². The molecule has 0 saturated heterocycles. The summed E-state index contributed by atoms with van der Waals surface area (Å²) in [6, 6.07) is 0. The van der Waals surface area contributed by atoms with E-state index in [0.717, 1.165) is 18.8 Å². The highest BCUT2D eigenvalue weighted by Gasteiger charge is 2.17. The highest BCUT2D eigenvalue weighted by atomic mass is 16.5. The van der Waals surface area contributed by atoms with Crippen molar-refractivity contribution in [2.45, 2.75) is 32.1 Å². The third-order valence-electron chi connectivity index (χ3n) is 2.36. The lowest BCUT2D eigenvalue weighted by Gasteiger charge is -2.24. The summed E-state index contributed by atoms with van der Waals surface area (Å²) < 4.78 is 4.74. The first-order chi connectivity index (χ1) is 5.33. The predicted molar refractivity (Wildman–Crippen MR) is 43.5 cm³/mol. The second-order valence-electron chi connectivity index (χ2n) is 3.31. The van der Waals surface area contributed by atoms with Crippen LogP contribution in [0.15, 0.2) is 0 Å². The molecule has 0 aromatic heterocycles. The number of methoxy groups -OCH3 is 1. The van der Waals surface area contributed by atoms with E-state index in [4.69, 9.17) is 4.74 Å². The molecule has 0 aromatic carbocycles. The Morgan fingerprint density at radius 1 is 1.55 bits per heavy atom. The van der Waals surface area contributed by atoms with Gasteiger partial charge in [-0.3, -0.25) is 4.79 Å². The lowest BCUT2D eigenvalue weighted by molar-refractivity contribution is -0.123. The number of ketones is 1. The molecule has 1 rings (SSSR count). The highest BCUT2D eigenvalue weighted by Crippen LogP contribution is 2.30. The van der Waals surface area contributed by atoms with Gasteiger partial charge in [-0.05, 0) is 12.3 Å². The average Bonchev–Trinajstić information content (AvgIpc) is 1.85. The summed E-state index contributed by atoms with van der Waals surface area (Å²) in [6.45, 7) is 0.298. The third kappa shape index (κ3) is 3.02. The number of carbonyl (C=O) groups excluding carboxylic acids is 1. The maximum absolute atomic E-state index is 11.0. The van der Waals surface area contributed by atoms with Crippen LogP contribution in [0.4, 0.5) is 0 Å². The zero-order chi connectivity index (χ0) is 8.10. The van der Waals surface area contributed by atoms with E-state index in [1.54, 1.807) is 7.11 Å². The molecule has 2 heteroatoms. The topological polar surface area (TPSA) is 26.3 Å². The molecule has 0 atom stereocenters. The van der Waals surface area contributed by atoms with Crippen molar-refractivity contribution in [2.75, 3.05) is 13.7 Å². The van der Waals surface area contributed by atoms with Gasteiger partial charge in [0.25, 0.3) is 0 Å². The van der Waals surface area contributed by atoms with Gasteiger partial charge in [-0.1, -0.05) is 19.3 Å². The van der Waals surface area contributed by atoms with Crippen LogP contribution in [0.25, 0.3) is 0 Å². The van der Waals surface area contributed by atoms with Crippen LogP contribution in [0, 0.1) is 5.92 Å². The van der Waals surface area contributed by atoms with Crippen LogP contribution in [0.2, 0.25) is 0 Å². The van der Waals surface area contributed by atoms with E-state index in [1.807, 2.05) is 0 Å². The maximum atomic E-state index is 11.0. The van der Waals surface area contributed by atoms with E-state index in [2.05, 4.69) is 0 Å². The molecule has 0 unspecified atom stereocenters. The molecule has 0 radical (unpaired) electrons. The summed E-state index contributed by atoms with van der Waals surface area (Å²) in [5.74, 6) is 1.09. The van der Waals surface area contributed by atoms with E-state index < -0.39 is 0 Å². The maximum Gasteiger partial charge on any atom is 0.158 e. The van der Waals surface area contributed by atoms with E-state index in [1.165, 1.54) is 19.3 Å². The quantitative estimate of drug-likeness (QED) is 0.606. The molecule has 1 aliphatic carbocycles. The molecule has 1 aliphatic rings. The first-order valence-corrected chi connectivity index (χ1v) is 4.33. The van der Waals surface area contributed by atoms with Crippen LogP contribution in [0.1, 0.15) is 32.1 Å². The van der Waals surface area contributed by atoms with Gasteiger partial charge in [0.05, 0.1) is 0 Å². The Kier molecular flexibility index (Phi) is 3.57. The van der Waals surface area contributed by atoms with E-state index in [9.17, 15) is 4.79 Å². The van der Waals surface area contributed by atoms with E-state index in [-0.39, 0.29) is 5.78 Å². The lowest BCUT2D eigenvalue weighted by atomic mass is 9.82. The van der Waals surface area contributed by atoms with Gasteiger partial charge in [0.15, 0.2) is 5.78 Å². The molecule has 0 N–H and O–H groups in total. The first kappa shape index (κ1) is 8.72. The van der Waals surface area contributed by atoms with Crippen molar-refractivity contribution in [3.05, 3.63) is 0 Å². The van der Waals surface area contributed by atoms with Crippen molar-refractivity contribution >= 4 is 5.78 Å². The van der Waals surface area contributed by atoms with Crippen molar-refractivity contribution in [2.24, 2.45) is 5.92 Å². The molecule has 0 amide bonds. The van der Waals surface area contributed by atoms with E-state index >= 15 is 0 Å². The molecule has 64 valence electrons. The second kappa shape index (κ2) is 4.50. The Hall–Kier alpha value is -0.370. The third-order valence-corrected chi connectivity index (χ3v) is 2.36. The van der Waals surface area contributed by atoms with Crippen molar-refractivity contribution < 1.29 is 9.53 Å². The highest BCUT2D eigenvalue weighted by molar-refractivity contribution is 5.79. The summed E-state index contributed by atoms with van der Waals surface area (Å²) >= 11 is 0. The zero-order valence-electron chi connectivity index (χ0n) is 7.14. The number of hydrogen-bond donors (Lipinski definition) is 0.